The molecule has 0 amide bonds. The van der Waals surface area contributed by atoms with Gasteiger partial charge in [-0.05, 0) is 98.1 Å². The van der Waals surface area contributed by atoms with Crippen LogP contribution in [0, 0.1) is 0 Å². The molecule has 0 radical (unpaired) electrons. The van der Waals surface area contributed by atoms with Gasteiger partial charge >= 0.3 is 0 Å². The van der Waals surface area contributed by atoms with Crippen molar-refractivity contribution in [3.8, 4) is 33.4 Å². The maximum atomic E-state index is 7.00. The van der Waals surface area contributed by atoms with Crippen molar-refractivity contribution < 1.29 is 4.42 Å². The molecule has 0 bridgehead atoms. The smallest absolute Gasteiger partial charge is 0.140 e. The lowest BCUT2D eigenvalue weighted by atomic mass is 9.69. The molecule has 3 aliphatic carbocycles. The summed E-state index contributed by atoms with van der Waals surface area (Å²) >= 11 is 0. The van der Waals surface area contributed by atoms with E-state index >= 15 is 0 Å². The number of para-hydroxylation sites is 2. The summed E-state index contributed by atoms with van der Waals surface area (Å²) in [5, 5.41) is 2.30. The number of benzene rings is 8. The van der Waals surface area contributed by atoms with Gasteiger partial charge in [0.2, 0.25) is 0 Å². The molecular formula is C52H35NO. The third kappa shape index (κ3) is 3.60. The van der Waals surface area contributed by atoms with Gasteiger partial charge in [-0.1, -0.05) is 147 Å². The van der Waals surface area contributed by atoms with Crippen LogP contribution in [0.25, 0.3) is 55.3 Å². The Hall–Kier alpha value is -6.64. The Morgan fingerprint density at radius 2 is 0.981 bits per heavy atom. The summed E-state index contributed by atoms with van der Waals surface area (Å²) in [6.07, 6.45) is 0. The predicted molar refractivity (Wildman–Crippen MR) is 222 cm³/mol. The van der Waals surface area contributed by atoms with Gasteiger partial charge in [0, 0.05) is 38.7 Å². The Bertz CT molecular complexity index is 3030. The van der Waals surface area contributed by atoms with E-state index in [1.165, 1.54) is 72.4 Å². The molecule has 2 heteroatoms. The molecule has 9 aromatic rings. The van der Waals surface area contributed by atoms with Crippen molar-refractivity contribution in [2.75, 3.05) is 4.90 Å². The summed E-state index contributed by atoms with van der Waals surface area (Å²) < 4.78 is 7.00. The third-order valence-electron chi connectivity index (χ3n) is 12.7. The third-order valence-corrected chi connectivity index (χ3v) is 12.7. The van der Waals surface area contributed by atoms with E-state index in [0.29, 0.717) is 0 Å². The fourth-order valence-corrected chi connectivity index (χ4v) is 10.5. The Labute approximate surface area is 314 Å². The fourth-order valence-electron chi connectivity index (χ4n) is 10.5. The van der Waals surface area contributed by atoms with Crippen LogP contribution in [0.3, 0.4) is 0 Å². The minimum atomic E-state index is -0.624. The van der Waals surface area contributed by atoms with Gasteiger partial charge < -0.3 is 9.32 Å². The van der Waals surface area contributed by atoms with Crippen LogP contribution in [0.5, 0.6) is 0 Å². The first-order chi connectivity index (χ1) is 26.6. The lowest BCUT2D eigenvalue weighted by molar-refractivity contribution is 0.652. The van der Waals surface area contributed by atoms with Crippen LogP contribution in [0.15, 0.2) is 180 Å². The molecule has 3 aliphatic rings. The highest BCUT2D eigenvalue weighted by atomic mass is 16.3. The van der Waals surface area contributed by atoms with Crippen LogP contribution in [-0.2, 0) is 10.8 Å². The van der Waals surface area contributed by atoms with Gasteiger partial charge in [-0.15, -0.1) is 0 Å². The Morgan fingerprint density at radius 3 is 1.74 bits per heavy atom. The zero-order valence-corrected chi connectivity index (χ0v) is 30.1. The molecule has 1 atom stereocenters. The van der Waals surface area contributed by atoms with Crippen LogP contribution in [-0.4, -0.2) is 0 Å². The van der Waals surface area contributed by atoms with Gasteiger partial charge in [0.05, 0.1) is 11.1 Å². The number of rotatable bonds is 3. The quantitative estimate of drug-likeness (QED) is 0.184. The van der Waals surface area contributed by atoms with Crippen LogP contribution < -0.4 is 4.90 Å². The second kappa shape index (κ2) is 10.5. The largest absolute Gasteiger partial charge is 0.456 e. The van der Waals surface area contributed by atoms with Crippen molar-refractivity contribution in [1.29, 1.82) is 0 Å². The number of nitrogens with zero attached hydrogens (tertiary/aromatic N) is 1. The average molecular weight is 690 g/mol. The summed E-state index contributed by atoms with van der Waals surface area (Å²) in [6.45, 7) is 4.73. The topological polar surface area (TPSA) is 16.4 Å². The van der Waals surface area contributed by atoms with Crippen LogP contribution in [0.1, 0.15) is 47.2 Å². The van der Waals surface area contributed by atoms with Crippen LogP contribution in [0.2, 0.25) is 0 Å². The highest BCUT2D eigenvalue weighted by Crippen LogP contribution is 2.67. The van der Waals surface area contributed by atoms with Crippen molar-refractivity contribution in [1.82, 2.24) is 0 Å². The summed E-state index contributed by atoms with van der Waals surface area (Å²) in [5.41, 5.74) is 20.1. The van der Waals surface area contributed by atoms with Gasteiger partial charge in [-0.3, -0.25) is 0 Å². The maximum Gasteiger partial charge on any atom is 0.140 e. The molecule has 1 unspecified atom stereocenters. The SMILES string of the molecule is CC1(C)c2ccccc2-c2ccc(N(c3ccccc3)c3cccc4c3C3(c5ccccc5-4)c4ccccc4-c4ccc5c(oc6ccccc65)c43)cc21. The number of hydrogen-bond acceptors (Lipinski definition) is 2. The molecule has 0 N–H and O–H groups in total. The monoisotopic (exact) mass is 689 g/mol. The average Bonchev–Trinajstić information content (AvgIpc) is 3.91. The van der Waals surface area contributed by atoms with Gasteiger partial charge in [0.1, 0.15) is 11.2 Å². The molecule has 0 saturated heterocycles. The molecule has 0 fully saturated rings. The molecule has 54 heavy (non-hydrogen) atoms. The summed E-state index contributed by atoms with van der Waals surface area (Å²) in [6, 6.07) is 65.0. The van der Waals surface area contributed by atoms with E-state index in [9.17, 15) is 0 Å². The summed E-state index contributed by atoms with van der Waals surface area (Å²) in [5.74, 6) is 0. The van der Waals surface area contributed by atoms with Crippen molar-refractivity contribution >= 4 is 39.0 Å². The molecule has 0 aliphatic heterocycles. The standard InChI is InChI=1S/C52H35NO/c1-51(2)42-22-10-6-17-34(42)37-28-27-33(31-45(37)51)53(32-15-4-3-5-16-32)46-25-14-21-39-35-18-7-11-23-43(35)52(48(39)46)44-24-12-8-19-36(44)40-29-30-41-38-20-9-13-26-47(38)54-50(41)49(40)52/h3-31H,1-2H3. The molecule has 254 valence electrons. The highest BCUT2D eigenvalue weighted by molar-refractivity contribution is 6.12. The molecule has 0 saturated carbocycles. The van der Waals surface area contributed by atoms with E-state index in [4.69, 9.17) is 4.42 Å². The lowest BCUT2D eigenvalue weighted by Crippen LogP contribution is -2.28. The summed E-state index contributed by atoms with van der Waals surface area (Å²) in [4.78, 5) is 2.51. The maximum absolute atomic E-state index is 7.00. The number of furan rings is 1. The molecule has 1 heterocycles. The van der Waals surface area contributed by atoms with E-state index in [2.05, 4.69) is 195 Å². The number of hydrogen-bond donors (Lipinski definition) is 0. The van der Waals surface area contributed by atoms with E-state index < -0.39 is 5.41 Å². The minimum absolute atomic E-state index is 0.128. The predicted octanol–water partition coefficient (Wildman–Crippen LogP) is 13.7. The Morgan fingerprint density at radius 1 is 0.407 bits per heavy atom. The Balaban J connectivity index is 1.21. The lowest BCUT2D eigenvalue weighted by Gasteiger charge is -2.36. The van der Waals surface area contributed by atoms with Crippen LogP contribution in [0.4, 0.5) is 17.1 Å². The molecule has 1 spiro atoms. The molecule has 2 nitrogen and oxygen atoms in total. The van der Waals surface area contributed by atoms with Crippen molar-refractivity contribution in [3.63, 3.8) is 0 Å². The summed E-state index contributed by atoms with van der Waals surface area (Å²) in [7, 11) is 0. The van der Waals surface area contributed by atoms with Crippen molar-refractivity contribution in [3.05, 3.63) is 209 Å². The first-order valence-electron chi connectivity index (χ1n) is 18.9. The first-order valence-corrected chi connectivity index (χ1v) is 18.9. The van der Waals surface area contributed by atoms with E-state index in [1.54, 1.807) is 0 Å². The van der Waals surface area contributed by atoms with Gasteiger partial charge in [-0.2, -0.15) is 0 Å². The first kappa shape index (κ1) is 29.9. The van der Waals surface area contributed by atoms with Crippen molar-refractivity contribution in [2.24, 2.45) is 0 Å². The van der Waals surface area contributed by atoms with E-state index in [0.717, 1.165) is 33.3 Å². The normalized spacial score (nSPS) is 16.6. The molecule has 1 aromatic heterocycles. The van der Waals surface area contributed by atoms with Gasteiger partial charge in [0.25, 0.3) is 0 Å². The fraction of sp³-hybridized carbons (Fsp3) is 0.0769. The number of fused-ring (bicyclic) bond motifs is 17. The highest BCUT2D eigenvalue weighted by Gasteiger charge is 2.55. The van der Waals surface area contributed by atoms with E-state index in [1.807, 2.05) is 0 Å². The zero-order valence-electron chi connectivity index (χ0n) is 30.1. The van der Waals surface area contributed by atoms with Crippen molar-refractivity contribution in [2.45, 2.75) is 24.7 Å². The minimum Gasteiger partial charge on any atom is -0.456 e. The van der Waals surface area contributed by atoms with E-state index in [-0.39, 0.29) is 5.41 Å². The van der Waals surface area contributed by atoms with Gasteiger partial charge in [0.15, 0.2) is 0 Å². The van der Waals surface area contributed by atoms with Crippen LogP contribution >= 0.6 is 0 Å². The molecular weight excluding hydrogens is 655 g/mol. The molecule has 12 rings (SSSR count). The second-order valence-corrected chi connectivity index (χ2v) is 15.6. The second-order valence-electron chi connectivity index (χ2n) is 15.6. The van der Waals surface area contributed by atoms with Gasteiger partial charge in [-0.25, -0.2) is 0 Å². The number of anilines is 3. The zero-order chi connectivity index (χ0) is 35.8. The molecule has 8 aromatic carbocycles. The Kier molecular flexibility index (Phi) is 5.81.